The fraction of sp³-hybridized carbons (Fsp3) is 0.417. The quantitative estimate of drug-likeness (QED) is 0.834. The van der Waals surface area contributed by atoms with E-state index in [2.05, 4.69) is 15.9 Å². The van der Waals surface area contributed by atoms with E-state index >= 15 is 0 Å². The number of carbonyl (C=O) groups excluding carboxylic acids is 1. The van der Waals surface area contributed by atoms with Crippen molar-refractivity contribution in [1.82, 2.24) is 4.31 Å². The summed E-state index contributed by atoms with van der Waals surface area (Å²) < 4.78 is 26.9. The number of rotatable bonds is 2. The van der Waals surface area contributed by atoms with Crippen LogP contribution >= 0.6 is 15.9 Å². The topological polar surface area (TPSA) is 54.5 Å². The average molecular weight is 332 g/mol. The molecular weight excluding hydrogens is 318 g/mol. The van der Waals surface area contributed by atoms with Crippen LogP contribution in [0.5, 0.6) is 0 Å². The van der Waals surface area contributed by atoms with Gasteiger partial charge in [0.15, 0.2) is 5.78 Å². The smallest absolute Gasteiger partial charge is 0.245 e. The molecule has 4 nitrogen and oxygen atoms in total. The first-order chi connectivity index (χ1) is 8.28. The van der Waals surface area contributed by atoms with E-state index < -0.39 is 15.6 Å². The predicted octanol–water partition coefficient (Wildman–Crippen LogP) is 2.19. The molecule has 1 saturated heterocycles. The molecule has 2 rings (SSSR count). The molecule has 1 aliphatic heterocycles. The molecule has 0 saturated carbocycles. The van der Waals surface area contributed by atoms with E-state index in [1.165, 1.54) is 10.4 Å². The van der Waals surface area contributed by atoms with Gasteiger partial charge in [-0.05, 0) is 41.9 Å². The van der Waals surface area contributed by atoms with Gasteiger partial charge < -0.3 is 0 Å². The number of benzene rings is 1. The molecular formula is C12H14BrNO3S. The zero-order valence-corrected chi connectivity index (χ0v) is 12.6. The Bertz CT molecular complexity index is 595. The SMILES string of the molecule is CC1(C)C(=O)CCN1S(=O)(=O)c1ccccc1Br. The summed E-state index contributed by atoms with van der Waals surface area (Å²) in [5, 5.41) is 0. The van der Waals surface area contributed by atoms with Crippen molar-refractivity contribution < 1.29 is 13.2 Å². The second kappa shape index (κ2) is 4.43. The van der Waals surface area contributed by atoms with E-state index in [1.807, 2.05) is 0 Å². The summed E-state index contributed by atoms with van der Waals surface area (Å²) in [7, 11) is -3.64. The molecule has 0 spiro atoms. The lowest BCUT2D eigenvalue weighted by Crippen LogP contribution is -2.46. The van der Waals surface area contributed by atoms with E-state index in [0.29, 0.717) is 4.47 Å². The molecule has 0 N–H and O–H groups in total. The minimum atomic E-state index is -3.64. The van der Waals surface area contributed by atoms with E-state index in [1.54, 1.807) is 32.0 Å². The molecule has 6 heteroatoms. The van der Waals surface area contributed by atoms with Crippen LogP contribution in [0.1, 0.15) is 20.3 Å². The monoisotopic (exact) mass is 331 g/mol. The lowest BCUT2D eigenvalue weighted by molar-refractivity contribution is -0.122. The number of Topliss-reactive ketones (excluding diaryl/α,β-unsaturated/α-hetero) is 1. The first-order valence-corrected chi connectivity index (χ1v) is 7.82. The van der Waals surface area contributed by atoms with E-state index in [0.717, 1.165) is 0 Å². The normalized spacial score (nSPS) is 20.3. The molecule has 0 unspecified atom stereocenters. The molecule has 0 aliphatic carbocycles. The highest BCUT2D eigenvalue weighted by molar-refractivity contribution is 9.10. The van der Waals surface area contributed by atoms with Crippen molar-refractivity contribution in [3.05, 3.63) is 28.7 Å². The van der Waals surface area contributed by atoms with Crippen LogP contribution in [-0.2, 0) is 14.8 Å². The van der Waals surface area contributed by atoms with Gasteiger partial charge in [-0.1, -0.05) is 12.1 Å². The van der Waals surface area contributed by atoms with Crippen molar-refractivity contribution in [3.8, 4) is 0 Å². The third-order valence-electron chi connectivity index (χ3n) is 3.25. The minimum absolute atomic E-state index is 0.0434. The molecule has 0 atom stereocenters. The van der Waals surface area contributed by atoms with Crippen molar-refractivity contribution in [2.45, 2.75) is 30.7 Å². The van der Waals surface area contributed by atoms with Gasteiger partial charge in [-0.25, -0.2) is 8.42 Å². The Morgan fingerprint density at radius 2 is 1.89 bits per heavy atom. The molecule has 0 amide bonds. The van der Waals surface area contributed by atoms with E-state index in [-0.39, 0.29) is 23.6 Å². The Morgan fingerprint density at radius 1 is 1.28 bits per heavy atom. The molecule has 1 heterocycles. The zero-order chi connectivity index (χ0) is 13.6. The Kier molecular flexibility index (Phi) is 3.38. The summed E-state index contributed by atoms with van der Waals surface area (Å²) in [6.45, 7) is 3.54. The standard InChI is InChI=1S/C12H14BrNO3S/c1-12(2)11(15)7-8-14(12)18(16,17)10-6-4-3-5-9(10)13/h3-6H,7-8H2,1-2H3. The van der Waals surface area contributed by atoms with Crippen molar-refractivity contribution in [3.63, 3.8) is 0 Å². The predicted molar refractivity (Wildman–Crippen MR) is 71.7 cm³/mol. The molecule has 0 bridgehead atoms. The number of ketones is 1. The molecule has 1 fully saturated rings. The summed E-state index contributed by atoms with van der Waals surface area (Å²) in [6.07, 6.45) is 0.274. The van der Waals surface area contributed by atoms with Gasteiger partial charge in [-0.2, -0.15) is 4.31 Å². The average Bonchev–Trinajstić information content (AvgIpc) is 2.54. The number of halogens is 1. The maximum absolute atomic E-state index is 12.6. The Hall–Kier alpha value is -0.720. The molecule has 1 aliphatic rings. The first kappa shape index (κ1) is 13.7. The largest absolute Gasteiger partial charge is 0.298 e. The Labute approximate surface area is 115 Å². The van der Waals surface area contributed by atoms with Gasteiger partial charge in [0.1, 0.15) is 0 Å². The minimum Gasteiger partial charge on any atom is -0.298 e. The highest BCUT2D eigenvalue weighted by Crippen LogP contribution is 2.34. The molecule has 18 heavy (non-hydrogen) atoms. The number of carbonyl (C=O) groups is 1. The van der Waals surface area contributed by atoms with Crippen LogP contribution in [0.4, 0.5) is 0 Å². The van der Waals surface area contributed by atoms with Gasteiger partial charge in [0.25, 0.3) is 0 Å². The fourth-order valence-corrected chi connectivity index (χ4v) is 4.86. The van der Waals surface area contributed by atoms with E-state index in [4.69, 9.17) is 0 Å². The van der Waals surface area contributed by atoms with Crippen molar-refractivity contribution in [1.29, 1.82) is 0 Å². The molecule has 1 aromatic rings. The zero-order valence-electron chi connectivity index (χ0n) is 10.2. The third-order valence-corrected chi connectivity index (χ3v) is 6.34. The van der Waals surface area contributed by atoms with Crippen LogP contribution in [0.3, 0.4) is 0 Å². The second-order valence-corrected chi connectivity index (χ2v) is 7.42. The van der Waals surface area contributed by atoms with Crippen molar-refractivity contribution in [2.75, 3.05) is 6.54 Å². The van der Waals surface area contributed by atoms with Gasteiger partial charge in [-0.3, -0.25) is 4.79 Å². The van der Waals surface area contributed by atoms with E-state index in [9.17, 15) is 13.2 Å². The Balaban J connectivity index is 2.52. The van der Waals surface area contributed by atoms with Gasteiger partial charge in [0.05, 0.1) is 10.4 Å². The summed E-state index contributed by atoms with van der Waals surface area (Å²) in [6, 6.07) is 6.64. The van der Waals surface area contributed by atoms with Crippen LogP contribution in [0, 0.1) is 0 Å². The number of hydrogen-bond acceptors (Lipinski definition) is 3. The van der Waals surface area contributed by atoms with Crippen LogP contribution in [0.15, 0.2) is 33.6 Å². The molecule has 0 aromatic heterocycles. The lowest BCUT2D eigenvalue weighted by atomic mass is 10.0. The molecule has 98 valence electrons. The summed E-state index contributed by atoms with van der Waals surface area (Å²) >= 11 is 3.24. The molecule has 1 aromatic carbocycles. The van der Waals surface area contributed by atoms with Crippen LogP contribution in [-0.4, -0.2) is 30.6 Å². The van der Waals surface area contributed by atoms with Gasteiger partial charge in [0, 0.05) is 17.4 Å². The van der Waals surface area contributed by atoms with Crippen molar-refractivity contribution >= 4 is 31.7 Å². The van der Waals surface area contributed by atoms with Crippen LogP contribution < -0.4 is 0 Å². The summed E-state index contributed by atoms with van der Waals surface area (Å²) in [4.78, 5) is 12.0. The highest BCUT2D eigenvalue weighted by atomic mass is 79.9. The molecule has 0 radical (unpaired) electrons. The third kappa shape index (κ3) is 2.02. The lowest BCUT2D eigenvalue weighted by Gasteiger charge is -2.29. The van der Waals surface area contributed by atoms with Crippen LogP contribution in [0.25, 0.3) is 0 Å². The summed E-state index contributed by atoms with van der Waals surface area (Å²) in [5.41, 5.74) is -0.964. The first-order valence-electron chi connectivity index (χ1n) is 5.58. The number of sulfonamides is 1. The highest BCUT2D eigenvalue weighted by Gasteiger charge is 2.47. The second-order valence-electron chi connectivity index (χ2n) is 4.74. The Morgan fingerprint density at radius 3 is 2.39 bits per heavy atom. The van der Waals surface area contributed by atoms with Gasteiger partial charge in [0.2, 0.25) is 10.0 Å². The van der Waals surface area contributed by atoms with Gasteiger partial charge >= 0.3 is 0 Å². The maximum Gasteiger partial charge on any atom is 0.245 e. The maximum atomic E-state index is 12.6. The van der Waals surface area contributed by atoms with Crippen molar-refractivity contribution in [2.24, 2.45) is 0 Å². The fourth-order valence-electron chi connectivity index (χ4n) is 2.12. The number of hydrogen-bond donors (Lipinski definition) is 0. The summed E-state index contributed by atoms with van der Waals surface area (Å²) in [5.74, 6) is -0.0434. The van der Waals surface area contributed by atoms with Crippen LogP contribution in [0.2, 0.25) is 0 Å². The number of nitrogens with zero attached hydrogens (tertiary/aromatic N) is 1. The van der Waals surface area contributed by atoms with Gasteiger partial charge in [-0.15, -0.1) is 0 Å².